The minimum atomic E-state index is -3.32. The van der Waals surface area contributed by atoms with Gasteiger partial charge in [0.25, 0.3) is 5.91 Å². The second-order valence-electron chi connectivity index (χ2n) is 6.10. The monoisotopic (exact) mass is 409 g/mol. The molecule has 1 aliphatic heterocycles. The van der Waals surface area contributed by atoms with Crippen LogP contribution in [0.25, 0.3) is 0 Å². The average molecular weight is 410 g/mol. The Morgan fingerprint density at radius 2 is 1.96 bits per heavy atom. The van der Waals surface area contributed by atoms with Crippen LogP contribution >= 0.6 is 11.6 Å². The van der Waals surface area contributed by atoms with Crippen LogP contribution in [0.3, 0.4) is 0 Å². The molecule has 0 fully saturated rings. The van der Waals surface area contributed by atoms with Gasteiger partial charge in [-0.1, -0.05) is 41.9 Å². The number of nitrogens with zero attached hydrogens (tertiary/aromatic N) is 1. The Hall–Kier alpha value is -2.38. The topological polar surface area (TPSA) is 63.7 Å². The van der Waals surface area contributed by atoms with E-state index in [0.29, 0.717) is 0 Å². The van der Waals surface area contributed by atoms with Crippen molar-refractivity contribution in [3.05, 3.63) is 76.4 Å². The van der Waals surface area contributed by atoms with Gasteiger partial charge in [-0.15, -0.1) is 0 Å². The molecule has 1 heterocycles. The Balaban J connectivity index is 1.74. The molecule has 0 saturated heterocycles. The summed E-state index contributed by atoms with van der Waals surface area (Å²) in [4.78, 5) is 14.2. The molecule has 142 valence electrons. The maximum Gasteiger partial charge on any atom is 0.261 e. The molecule has 3 rings (SSSR count). The number of sulfone groups is 1. The van der Waals surface area contributed by atoms with Crippen LogP contribution in [0.15, 0.2) is 60.0 Å². The summed E-state index contributed by atoms with van der Waals surface area (Å²) in [6.45, 7) is -0.0725. The van der Waals surface area contributed by atoms with Crippen LogP contribution in [0.5, 0.6) is 5.75 Å². The van der Waals surface area contributed by atoms with E-state index in [0.717, 1.165) is 17.0 Å². The van der Waals surface area contributed by atoms with Crippen molar-refractivity contribution in [2.45, 2.75) is 12.6 Å². The maximum atomic E-state index is 13.2. The van der Waals surface area contributed by atoms with Gasteiger partial charge in [0, 0.05) is 18.0 Å². The lowest BCUT2D eigenvalue weighted by molar-refractivity contribution is -0.135. The molecule has 1 atom stereocenters. The number of rotatable bonds is 6. The van der Waals surface area contributed by atoms with Gasteiger partial charge in [0.1, 0.15) is 11.6 Å². The molecule has 1 amide bonds. The summed E-state index contributed by atoms with van der Waals surface area (Å²) in [5.41, 5.74) is 0.869. The van der Waals surface area contributed by atoms with E-state index in [9.17, 15) is 17.6 Å². The van der Waals surface area contributed by atoms with Crippen molar-refractivity contribution >= 4 is 27.3 Å². The number of carbonyl (C=O) groups excluding carboxylic acids is 1. The van der Waals surface area contributed by atoms with E-state index in [2.05, 4.69) is 0 Å². The standard InChI is InChI=1S/C19H17ClFNO4S/c20-17-10-16(6-7-18(17)21)26-12-19(23)22(11-14-4-2-1-3-5-14)15-8-9-27(24,25)13-15/h1-10,15H,11-13H2/t15-/m0/s1. The molecule has 0 aliphatic carbocycles. The van der Waals surface area contributed by atoms with Crippen LogP contribution in [0.2, 0.25) is 5.02 Å². The zero-order chi connectivity index (χ0) is 19.4. The SMILES string of the molecule is O=C(COc1ccc(F)c(Cl)c1)N(Cc1ccccc1)[C@H]1C=CS(=O)(=O)C1. The van der Waals surface area contributed by atoms with Crippen LogP contribution in [0.1, 0.15) is 5.56 Å². The molecule has 0 N–H and O–H groups in total. The quantitative estimate of drug-likeness (QED) is 0.735. The molecule has 0 radical (unpaired) electrons. The van der Waals surface area contributed by atoms with Crippen LogP contribution in [0.4, 0.5) is 4.39 Å². The van der Waals surface area contributed by atoms with Crippen LogP contribution < -0.4 is 4.74 Å². The van der Waals surface area contributed by atoms with Gasteiger partial charge in [-0.3, -0.25) is 4.79 Å². The zero-order valence-electron chi connectivity index (χ0n) is 14.2. The lowest BCUT2D eigenvalue weighted by Gasteiger charge is -2.27. The van der Waals surface area contributed by atoms with Gasteiger partial charge in [-0.25, -0.2) is 12.8 Å². The minimum absolute atomic E-state index is 0.106. The Labute approximate surface area is 161 Å². The first-order valence-electron chi connectivity index (χ1n) is 8.16. The third-order valence-corrected chi connectivity index (χ3v) is 5.75. The fourth-order valence-electron chi connectivity index (χ4n) is 2.72. The summed E-state index contributed by atoms with van der Waals surface area (Å²) >= 11 is 5.71. The summed E-state index contributed by atoms with van der Waals surface area (Å²) < 4.78 is 42.2. The van der Waals surface area contributed by atoms with Crippen molar-refractivity contribution in [3.63, 3.8) is 0 Å². The van der Waals surface area contributed by atoms with Crippen LogP contribution in [-0.2, 0) is 21.2 Å². The molecular formula is C19H17ClFNO4S. The molecule has 0 aromatic heterocycles. The fraction of sp³-hybridized carbons (Fsp3) is 0.211. The third-order valence-electron chi connectivity index (χ3n) is 4.08. The predicted octanol–water partition coefficient (Wildman–Crippen LogP) is 3.20. The molecule has 0 saturated carbocycles. The normalized spacial score (nSPS) is 17.6. The van der Waals surface area contributed by atoms with Crippen LogP contribution in [0, 0.1) is 5.82 Å². The first-order chi connectivity index (χ1) is 12.8. The Kier molecular flexibility index (Phi) is 5.82. The third kappa shape index (κ3) is 5.08. The van der Waals surface area contributed by atoms with E-state index < -0.39 is 21.7 Å². The van der Waals surface area contributed by atoms with Gasteiger partial charge in [0.2, 0.25) is 0 Å². The Morgan fingerprint density at radius 1 is 1.22 bits per heavy atom. The highest BCUT2D eigenvalue weighted by atomic mass is 35.5. The van der Waals surface area contributed by atoms with Gasteiger partial charge >= 0.3 is 0 Å². The van der Waals surface area contributed by atoms with E-state index in [1.807, 2.05) is 30.3 Å². The summed E-state index contributed by atoms with van der Waals surface area (Å²) in [7, 11) is -3.32. The number of hydrogen-bond acceptors (Lipinski definition) is 4. The molecule has 1 aliphatic rings. The van der Waals surface area contributed by atoms with Gasteiger partial charge < -0.3 is 9.64 Å². The van der Waals surface area contributed by atoms with E-state index in [1.165, 1.54) is 23.1 Å². The molecular weight excluding hydrogens is 393 g/mol. The summed E-state index contributed by atoms with van der Waals surface area (Å²) in [5, 5.41) is 1.02. The van der Waals surface area contributed by atoms with E-state index in [-0.39, 0.29) is 35.6 Å². The highest BCUT2D eigenvalue weighted by molar-refractivity contribution is 7.94. The molecule has 5 nitrogen and oxygen atoms in total. The van der Waals surface area contributed by atoms with Gasteiger partial charge in [0.05, 0.1) is 16.8 Å². The van der Waals surface area contributed by atoms with Gasteiger partial charge in [0.15, 0.2) is 16.4 Å². The molecule has 0 bridgehead atoms. The summed E-state index contributed by atoms with van der Waals surface area (Å²) in [6, 6.07) is 12.5. The minimum Gasteiger partial charge on any atom is -0.484 e. The van der Waals surface area contributed by atoms with Crippen LogP contribution in [-0.4, -0.2) is 37.6 Å². The fourth-order valence-corrected chi connectivity index (χ4v) is 4.19. The molecule has 8 heteroatoms. The first kappa shape index (κ1) is 19.4. The van der Waals surface area contributed by atoms with Gasteiger partial charge in [-0.05, 0) is 23.8 Å². The summed E-state index contributed by atoms with van der Waals surface area (Å²) in [5.74, 6) is -0.870. The lowest BCUT2D eigenvalue weighted by Crippen LogP contribution is -2.42. The maximum absolute atomic E-state index is 13.2. The highest BCUT2D eigenvalue weighted by Crippen LogP contribution is 2.22. The molecule has 2 aromatic rings. The van der Waals surface area contributed by atoms with Crippen molar-refractivity contribution < 1.29 is 22.3 Å². The Bertz CT molecular complexity index is 963. The van der Waals surface area contributed by atoms with Crippen molar-refractivity contribution in [1.82, 2.24) is 4.90 Å². The molecule has 2 aromatic carbocycles. The van der Waals surface area contributed by atoms with E-state index in [4.69, 9.17) is 16.3 Å². The number of benzene rings is 2. The first-order valence-corrected chi connectivity index (χ1v) is 10.3. The summed E-state index contributed by atoms with van der Waals surface area (Å²) in [6.07, 6.45) is 1.50. The van der Waals surface area contributed by atoms with E-state index in [1.54, 1.807) is 0 Å². The number of halogens is 2. The van der Waals surface area contributed by atoms with Crippen molar-refractivity contribution in [3.8, 4) is 5.75 Å². The molecule has 0 spiro atoms. The smallest absolute Gasteiger partial charge is 0.261 e. The number of carbonyl (C=O) groups is 1. The largest absolute Gasteiger partial charge is 0.484 e. The lowest BCUT2D eigenvalue weighted by atomic mass is 10.2. The molecule has 27 heavy (non-hydrogen) atoms. The average Bonchev–Trinajstić information content (AvgIpc) is 3.01. The highest BCUT2D eigenvalue weighted by Gasteiger charge is 2.30. The molecule has 0 unspecified atom stereocenters. The van der Waals surface area contributed by atoms with Crippen molar-refractivity contribution in [2.75, 3.05) is 12.4 Å². The van der Waals surface area contributed by atoms with Crippen molar-refractivity contribution in [1.29, 1.82) is 0 Å². The van der Waals surface area contributed by atoms with E-state index >= 15 is 0 Å². The zero-order valence-corrected chi connectivity index (χ0v) is 15.8. The van der Waals surface area contributed by atoms with Crippen molar-refractivity contribution in [2.24, 2.45) is 0 Å². The number of hydrogen-bond donors (Lipinski definition) is 0. The number of amides is 1. The second kappa shape index (κ2) is 8.10. The van der Waals surface area contributed by atoms with Gasteiger partial charge in [-0.2, -0.15) is 0 Å². The second-order valence-corrected chi connectivity index (χ2v) is 8.44. The predicted molar refractivity (Wildman–Crippen MR) is 101 cm³/mol. The Morgan fingerprint density at radius 3 is 2.59 bits per heavy atom. The number of ether oxygens (including phenoxy) is 1.